The van der Waals surface area contributed by atoms with E-state index in [-0.39, 0.29) is 5.91 Å². The molecule has 1 amide bonds. The molecule has 1 aromatic rings. The van der Waals surface area contributed by atoms with Gasteiger partial charge in [0.25, 0.3) is 0 Å². The van der Waals surface area contributed by atoms with Crippen molar-refractivity contribution >= 4 is 17.5 Å². The maximum atomic E-state index is 11.2. The van der Waals surface area contributed by atoms with Crippen LogP contribution in [0, 0.1) is 0 Å². The van der Waals surface area contributed by atoms with Crippen LogP contribution in [0.2, 0.25) is 0 Å². The Balaban J connectivity index is 1.84. The summed E-state index contributed by atoms with van der Waals surface area (Å²) >= 11 is 5.48. The summed E-state index contributed by atoms with van der Waals surface area (Å²) in [5, 5.41) is 2.82. The van der Waals surface area contributed by atoms with E-state index in [2.05, 4.69) is 5.32 Å². The second kappa shape index (κ2) is 6.50. The monoisotopic (exact) mass is 269 g/mol. The Morgan fingerprint density at radius 1 is 1.28 bits per heavy atom. The largest absolute Gasteiger partial charge is 0.486 e. The Labute approximate surface area is 111 Å². The van der Waals surface area contributed by atoms with Gasteiger partial charge in [0, 0.05) is 18.8 Å². The van der Waals surface area contributed by atoms with Crippen LogP contribution in [0.5, 0.6) is 11.5 Å². The highest BCUT2D eigenvalue weighted by atomic mass is 35.5. The van der Waals surface area contributed by atoms with Crippen LogP contribution in [0.25, 0.3) is 0 Å². The summed E-state index contributed by atoms with van der Waals surface area (Å²) < 4.78 is 10.9. The molecule has 0 aromatic heterocycles. The molecule has 98 valence electrons. The number of benzene rings is 1. The molecule has 1 heterocycles. The Bertz CT molecular complexity index is 423. The standard InChI is InChI=1S/C13H16ClNO3/c14-5-3-13(16)15-6-4-10-1-2-11-12(9-10)18-8-7-17-11/h1-2,9H,3-8H2,(H,15,16). The molecule has 1 aliphatic rings. The molecule has 0 fully saturated rings. The predicted octanol–water partition coefficient (Wildman–Crippen LogP) is 1.75. The molecule has 0 saturated carbocycles. The van der Waals surface area contributed by atoms with E-state index in [0.29, 0.717) is 32.1 Å². The first-order chi connectivity index (χ1) is 8.79. The number of rotatable bonds is 5. The molecule has 0 aliphatic carbocycles. The highest BCUT2D eigenvalue weighted by Crippen LogP contribution is 2.30. The molecular weight excluding hydrogens is 254 g/mol. The molecule has 0 radical (unpaired) electrons. The van der Waals surface area contributed by atoms with Crippen molar-refractivity contribution in [2.75, 3.05) is 25.6 Å². The van der Waals surface area contributed by atoms with Gasteiger partial charge in [-0.1, -0.05) is 6.07 Å². The van der Waals surface area contributed by atoms with Crippen molar-refractivity contribution in [2.24, 2.45) is 0 Å². The fraction of sp³-hybridized carbons (Fsp3) is 0.462. The van der Waals surface area contributed by atoms with Crippen molar-refractivity contribution in [2.45, 2.75) is 12.8 Å². The molecule has 1 aliphatic heterocycles. The first-order valence-electron chi connectivity index (χ1n) is 6.01. The summed E-state index contributed by atoms with van der Waals surface area (Å²) in [5.41, 5.74) is 1.12. The van der Waals surface area contributed by atoms with E-state index >= 15 is 0 Å². The van der Waals surface area contributed by atoms with Crippen molar-refractivity contribution < 1.29 is 14.3 Å². The molecule has 0 saturated heterocycles. The van der Waals surface area contributed by atoms with Gasteiger partial charge in [-0.05, 0) is 24.1 Å². The number of ether oxygens (including phenoxy) is 2. The molecule has 0 atom stereocenters. The Morgan fingerprint density at radius 3 is 2.83 bits per heavy atom. The molecule has 2 rings (SSSR count). The second-order valence-corrected chi connectivity index (χ2v) is 4.39. The number of hydrogen-bond acceptors (Lipinski definition) is 3. The minimum Gasteiger partial charge on any atom is -0.486 e. The lowest BCUT2D eigenvalue weighted by molar-refractivity contribution is -0.120. The van der Waals surface area contributed by atoms with Crippen LogP contribution in [-0.2, 0) is 11.2 Å². The van der Waals surface area contributed by atoms with Crippen LogP contribution >= 0.6 is 11.6 Å². The van der Waals surface area contributed by atoms with Crippen molar-refractivity contribution in [1.29, 1.82) is 0 Å². The van der Waals surface area contributed by atoms with E-state index < -0.39 is 0 Å². The highest BCUT2D eigenvalue weighted by molar-refractivity contribution is 6.18. The maximum Gasteiger partial charge on any atom is 0.221 e. The maximum absolute atomic E-state index is 11.2. The minimum absolute atomic E-state index is 0.0115. The quantitative estimate of drug-likeness (QED) is 0.829. The number of carbonyl (C=O) groups is 1. The Morgan fingerprint density at radius 2 is 2.06 bits per heavy atom. The third-order valence-electron chi connectivity index (χ3n) is 2.66. The topological polar surface area (TPSA) is 47.6 Å². The molecule has 1 N–H and O–H groups in total. The van der Waals surface area contributed by atoms with Crippen LogP contribution in [0.1, 0.15) is 12.0 Å². The summed E-state index contributed by atoms with van der Waals surface area (Å²) in [7, 11) is 0. The average Bonchev–Trinajstić information content (AvgIpc) is 2.39. The molecule has 0 unspecified atom stereocenters. The zero-order valence-electron chi connectivity index (χ0n) is 10.1. The summed E-state index contributed by atoms with van der Waals surface area (Å²) in [5.74, 6) is 1.92. The van der Waals surface area contributed by atoms with Crippen molar-refractivity contribution in [1.82, 2.24) is 5.32 Å². The van der Waals surface area contributed by atoms with E-state index in [1.54, 1.807) is 0 Å². The van der Waals surface area contributed by atoms with Gasteiger partial charge in [-0.2, -0.15) is 0 Å². The smallest absolute Gasteiger partial charge is 0.221 e. The first-order valence-corrected chi connectivity index (χ1v) is 6.54. The van der Waals surface area contributed by atoms with Gasteiger partial charge >= 0.3 is 0 Å². The summed E-state index contributed by atoms with van der Waals surface area (Å²) in [4.78, 5) is 11.2. The third-order valence-corrected chi connectivity index (χ3v) is 2.85. The van der Waals surface area contributed by atoms with Gasteiger partial charge < -0.3 is 14.8 Å². The summed E-state index contributed by atoms with van der Waals surface area (Å²) in [6.07, 6.45) is 1.13. The molecule has 4 nitrogen and oxygen atoms in total. The van der Waals surface area contributed by atoms with Crippen LogP contribution in [-0.4, -0.2) is 31.5 Å². The fourth-order valence-electron chi connectivity index (χ4n) is 1.76. The number of amides is 1. The zero-order chi connectivity index (χ0) is 12.8. The molecular formula is C13H16ClNO3. The van der Waals surface area contributed by atoms with E-state index in [1.807, 2.05) is 18.2 Å². The average molecular weight is 270 g/mol. The van der Waals surface area contributed by atoms with Crippen molar-refractivity contribution in [3.8, 4) is 11.5 Å². The lowest BCUT2D eigenvalue weighted by Crippen LogP contribution is -2.25. The van der Waals surface area contributed by atoms with E-state index in [1.165, 1.54) is 0 Å². The summed E-state index contributed by atoms with van der Waals surface area (Å²) in [6, 6.07) is 5.85. The third kappa shape index (κ3) is 3.53. The van der Waals surface area contributed by atoms with Crippen molar-refractivity contribution in [3.05, 3.63) is 23.8 Å². The number of nitrogens with one attached hydrogen (secondary N) is 1. The number of halogens is 1. The zero-order valence-corrected chi connectivity index (χ0v) is 10.8. The van der Waals surface area contributed by atoms with Gasteiger partial charge in [-0.15, -0.1) is 11.6 Å². The molecule has 0 bridgehead atoms. The summed E-state index contributed by atoms with van der Waals surface area (Å²) in [6.45, 7) is 1.79. The fourth-order valence-corrected chi connectivity index (χ4v) is 1.94. The lowest BCUT2D eigenvalue weighted by Gasteiger charge is -2.18. The molecule has 1 aromatic carbocycles. The number of fused-ring (bicyclic) bond motifs is 1. The van der Waals surface area contributed by atoms with Gasteiger partial charge in [0.1, 0.15) is 13.2 Å². The lowest BCUT2D eigenvalue weighted by atomic mass is 10.1. The second-order valence-electron chi connectivity index (χ2n) is 4.02. The van der Waals surface area contributed by atoms with E-state index in [0.717, 1.165) is 23.5 Å². The van der Waals surface area contributed by atoms with Crippen LogP contribution in [0.15, 0.2) is 18.2 Å². The van der Waals surface area contributed by atoms with Crippen LogP contribution in [0.4, 0.5) is 0 Å². The highest BCUT2D eigenvalue weighted by Gasteiger charge is 2.11. The Hall–Kier alpha value is -1.42. The predicted molar refractivity (Wildman–Crippen MR) is 69.5 cm³/mol. The van der Waals surface area contributed by atoms with Gasteiger partial charge in [0.05, 0.1) is 0 Å². The van der Waals surface area contributed by atoms with Gasteiger partial charge in [-0.3, -0.25) is 4.79 Å². The van der Waals surface area contributed by atoms with E-state index in [4.69, 9.17) is 21.1 Å². The van der Waals surface area contributed by atoms with Gasteiger partial charge in [0.15, 0.2) is 11.5 Å². The normalized spacial score (nSPS) is 13.2. The Kier molecular flexibility index (Phi) is 4.70. The molecule has 5 heteroatoms. The SMILES string of the molecule is O=C(CCCl)NCCc1ccc2c(c1)OCCO2. The van der Waals surface area contributed by atoms with Crippen LogP contribution < -0.4 is 14.8 Å². The minimum atomic E-state index is -0.0115. The first kappa shape index (κ1) is 13.0. The molecule has 0 spiro atoms. The van der Waals surface area contributed by atoms with E-state index in [9.17, 15) is 4.79 Å². The van der Waals surface area contributed by atoms with Gasteiger partial charge in [0.2, 0.25) is 5.91 Å². The number of hydrogen-bond donors (Lipinski definition) is 1. The molecule has 18 heavy (non-hydrogen) atoms. The van der Waals surface area contributed by atoms with Crippen molar-refractivity contribution in [3.63, 3.8) is 0 Å². The number of carbonyl (C=O) groups excluding carboxylic acids is 1. The number of alkyl halides is 1. The van der Waals surface area contributed by atoms with Crippen LogP contribution in [0.3, 0.4) is 0 Å². The van der Waals surface area contributed by atoms with Gasteiger partial charge in [-0.25, -0.2) is 0 Å².